The summed E-state index contributed by atoms with van der Waals surface area (Å²) in [5.41, 5.74) is 6.94. The van der Waals surface area contributed by atoms with Gasteiger partial charge in [-0.1, -0.05) is 55.3 Å². The van der Waals surface area contributed by atoms with E-state index in [-0.39, 0.29) is 0 Å². The highest BCUT2D eigenvalue weighted by molar-refractivity contribution is 6.30. The molecule has 1 amide bonds. The summed E-state index contributed by atoms with van der Waals surface area (Å²) in [6, 6.07) is 17.9. The van der Waals surface area contributed by atoms with Crippen molar-refractivity contribution < 1.29 is 23.9 Å². The number of rotatable bonds is 11. The van der Waals surface area contributed by atoms with Crippen LogP contribution in [0.25, 0.3) is 10.8 Å². The van der Waals surface area contributed by atoms with Crippen molar-refractivity contribution in [3.05, 3.63) is 70.9 Å². The number of aryl methyl sites for hydroxylation is 1. The van der Waals surface area contributed by atoms with E-state index in [2.05, 4.69) is 33.2 Å². The molecule has 4 rings (SSSR count). The number of halogens is 1. The second-order valence-corrected chi connectivity index (χ2v) is 11.2. The molecule has 1 fully saturated rings. The lowest BCUT2D eigenvalue weighted by Gasteiger charge is -2.54. The number of pyridine rings is 1. The van der Waals surface area contributed by atoms with Crippen LogP contribution in [0.4, 0.5) is 0 Å². The van der Waals surface area contributed by atoms with Crippen LogP contribution in [-0.2, 0) is 22.4 Å². The molecule has 1 aliphatic rings. The Labute approximate surface area is 230 Å². The maximum absolute atomic E-state index is 12.2. The number of aliphatic hydroxyl groups excluding tert-OH is 1. The van der Waals surface area contributed by atoms with Crippen LogP contribution in [0.3, 0.4) is 0 Å². The summed E-state index contributed by atoms with van der Waals surface area (Å²) in [5.74, 6) is -0.0306. The van der Waals surface area contributed by atoms with E-state index in [0.717, 1.165) is 41.3 Å². The molecule has 0 radical (unpaired) electrons. The third-order valence-corrected chi connectivity index (χ3v) is 8.27. The molecule has 7 nitrogen and oxygen atoms in total. The zero-order valence-corrected chi connectivity index (χ0v) is 23.3. The van der Waals surface area contributed by atoms with Gasteiger partial charge in [-0.2, -0.15) is 0 Å². The number of hydrogen-bond donors (Lipinski definition) is 2. The van der Waals surface area contributed by atoms with Crippen molar-refractivity contribution >= 4 is 28.3 Å². The van der Waals surface area contributed by atoms with E-state index in [1.54, 1.807) is 0 Å². The minimum Gasteiger partial charge on any atom is -0.471 e. The molecule has 1 unspecified atom stereocenters. The van der Waals surface area contributed by atoms with Crippen LogP contribution in [0.5, 0.6) is 5.88 Å². The van der Waals surface area contributed by atoms with Gasteiger partial charge in [-0.05, 0) is 48.1 Å². The Hall–Kier alpha value is -2.71. The molecule has 3 atom stereocenters. The van der Waals surface area contributed by atoms with E-state index in [0.29, 0.717) is 48.0 Å². The molecular formula is C30H39ClN3O4+. The number of benzene rings is 2. The third-order valence-electron chi connectivity index (χ3n) is 8.01. The maximum Gasteiger partial charge on any atom is 0.249 e. The normalized spacial score (nSPS) is 21.9. The van der Waals surface area contributed by atoms with E-state index in [9.17, 15) is 9.90 Å². The Morgan fingerprint density at radius 3 is 2.68 bits per heavy atom. The van der Waals surface area contributed by atoms with E-state index in [1.165, 1.54) is 0 Å². The third kappa shape index (κ3) is 5.96. The van der Waals surface area contributed by atoms with Crippen molar-refractivity contribution in [3.8, 4) is 5.88 Å². The zero-order valence-electron chi connectivity index (χ0n) is 22.5. The first-order chi connectivity index (χ1) is 18.2. The molecule has 0 bridgehead atoms. The van der Waals surface area contributed by atoms with Gasteiger partial charge >= 0.3 is 0 Å². The predicted octanol–water partition coefficient (Wildman–Crippen LogP) is 4.30. The molecule has 0 spiro atoms. The molecular weight excluding hydrogens is 502 g/mol. The summed E-state index contributed by atoms with van der Waals surface area (Å²) < 4.78 is 12.4. The fourth-order valence-corrected chi connectivity index (χ4v) is 5.68. The second-order valence-electron chi connectivity index (χ2n) is 10.8. The van der Waals surface area contributed by atoms with E-state index in [1.807, 2.05) is 42.5 Å². The summed E-state index contributed by atoms with van der Waals surface area (Å²) >= 11 is 6.12. The van der Waals surface area contributed by atoms with Crippen LogP contribution in [0.2, 0.25) is 5.02 Å². The number of ether oxygens (including phenoxy) is 2. The Morgan fingerprint density at radius 2 is 1.97 bits per heavy atom. The maximum atomic E-state index is 12.2. The molecule has 1 aliphatic heterocycles. The predicted molar refractivity (Wildman–Crippen MR) is 150 cm³/mol. The summed E-state index contributed by atoms with van der Waals surface area (Å²) in [5, 5.41) is 14.3. The molecule has 3 N–H and O–H groups in total. The minimum absolute atomic E-state index is 0.326. The summed E-state index contributed by atoms with van der Waals surface area (Å²) in [4.78, 5) is 17.0. The highest BCUT2D eigenvalue weighted by Crippen LogP contribution is 2.38. The van der Waals surface area contributed by atoms with Crippen LogP contribution in [0, 0.1) is 0 Å². The largest absolute Gasteiger partial charge is 0.471 e. The van der Waals surface area contributed by atoms with Crippen LogP contribution in [-0.4, -0.2) is 72.1 Å². The van der Waals surface area contributed by atoms with Crippen molar-refractivity contribution in [2.45, 2.75) is 56.8 Å². The number of amides is 1. The number of nitrogens with two attached hydrogens (primary N) is 1. The summed E-state index contributed by atoms with van der Waals surface area (Å²) in [7, 11) is 4.13. The molecule has 2 heterocycles. The topological polar surface area (TPSA) is 94.7 Å². The summed E-state index contributed by atoms with van der Waals surface area (Å²) in [6.45, 7) is 3.46. The van der Waals surface area contributed by atoms with Crippen molar-refractivity contribution in [1.82, 2.24) is 4.98 Å². The van der Waals surface area contributed by atoms with Crippen molar-refractivity contribution in [2.75, 3.05) is 33.9 Å². The number of unbranched alkanes of at least 4 members (excludes halogenated alkanes) is 1. The number of quaternary nitrogens is 1. The van der Waals surface area contributed by atoms with Crippen LogP contribution < -0.4 is 10.5 Å². The second kappa shape index (κ2) is 12.0. The smallest absolute Gasteiger partial charge is 0.249 e. The van der Waals surface area contributed by atoms with Crippen LogP contribution in [0.15, 0.2) is 54.6 Å². The van der Waals surface area contributed by atoms with Gasteiger partial charge in [0, 0.05) is 28.9 Å². The lowest BCUT2D eigenvalue weighted by Crippen LogP contribution is -2.73. The van der Waals surface area contributed by atoms with Gasteiger partial charge in [-0.15, -0.1) is 0 Å². The number of aromatic nitrogens is 1. The molecule has 8 heteroatoms. The molecule has 3 aromatic rings. The highest BCUT2D eigenvalue weighted by Gasteiger charge is 2.57. The van der Waals surface area contributed by atoms with Crippen LogP contribution in [0.1, 0.15) is 37.4 Å². The number of carbonyl (C=O) groups is 1. The minimum atomic E-state index is -1.09. The molecule has 1 aromatic heterocycles. The van der Waals surface area contributed by atoms with Gasteiger partial charge in [-0.3, -0.25) is 4.79 Å². The number of carbonyl (C=O) groups excluding carboxylic acids is 1. The van der Waals surface area contributed by atoms with Gasteiger partial charge in [0.25, 0.3) is 0 Å². The Bertz CT molecular complexity index is 1250. The van der Waals surface area contributed by atoms with E-state index in [4.69, 9.17) is 31.8 Å². The Kier molecular flexibility index (Phi) is 8.93. The lowest BCUT2D eigenvalue weighted by atomic mass is 9.75. The van der Waals surface area contributed by atoms with Crippen LogP contribution >= 0.6 is 11.6 Å². The molecule has 1 saturated heterocycles. The fourth-order valence-electron chi connectivity index (χ4n) is 5.55. The number of nitrogens with zero attached hydrogens (tertiary/aromatic N) is 2. The SMILES string of the molecule is CCCCc1cc2ccccc2c(OCC[N+](C)(C)[C@@]2(Cc3ccc(Cl)cc3)CCOC(C(N)=O)[C@@H]2O)n1. The average molecular weight is 541 g/mol. The lowest BCUT2D eigenvalue weighted by molar-refractivity contribution is -0.948. The molecule has 0 aliphatic carbocycles. The fraction of sp³-hybridized carbons (Fsp3) is 0.467. The van der Waals surface area contributed by atoms with Gasteiger partial charge in [-0.25, -0.2) is 4.98 Å². The van der Waals surface area contributed by atoms with Crippen molar-refractivity contribution in [2.24, 2.45) is 5.73 Å². The number of likely N-dealkylation sites (N-methyl/N-ethyl adjacent to an activating group) is 1. The van der Waals surface area contributed by atoms with Gasteiger partial charge in [0.05, 0.1) is 20.7 Å². The number of fused-ring (bicyclic) bond motifs is 1. The molecule has 204 valence electrons. The van der Waals surface area contributed by atoms with Crippen molar-refractivity contribution in [1.29, 1.82) is 0 Å². The van der Waals surface area contributed by atoms with Gasteiger partial charge < -0.3 is 24.8 Å². The Morgan fingerprint density at radius 1 is 1.24 bits per heavy atom. The first-order valence-electron chi connectivity index (χ1n) is 13.3. The number of aliphatic hydroxyl groups is 1. The monoisotopic (exact) mass is 540 g/mol. The number of hydrogen-bond acceptors (Lipinski definition) is 5. The van der Waals surface area contributed by atoms with Crippen molar-refractivity contribution in [3.63, 3.8) is 0 Å². The highest BCUT2D eigenvalue weighted by atomic mass is 35.5. The first-order valence-corrected chi connectivity index (χ1v) is 13.7. The quantitative estimate of drug-likeness (QED) is 0.354. The van der Waals surface area contributed by atoms with E-state index < -0.39 is 23.7 Å². The van der Waals surface area contributed by atoms with E-state index >= 15 is 0 Å². The standard InChI is InChI=1S/C30H38ClN3O4/c1-4-5-9-24-19-22-8-6-7-10-25(22)29(33-24)38-18-16-34(2,3)30(20-21-11-13-23(31)14-12-21)15-17-37-26(27(30)35)28(32)36/h6-8,10-14,19,26-27,35H,4-5,9,15-18,20H2,1-3H3,(H-,32,36)/p+1/t26?,27-,30+/m0/s1. The van der Waals surface area contributed by atoms with Gasteiger partial charge in [0.1, 0.15) is 24.8 Å². The first kappa shape index (κ1) is 28.3. The average Bonchev–Trinajstić information content (AvgIpc) is 2.89. The van der Waals surface area contributed by atoms with Gasteiger partial charge in [0.15, 0.2) is 6.10 Å². The molecule has 2 aromatic carbocycles. The molecule has 0 saturated carbocycles. The Balaban J connectivity index is 1.60. The number of primary amides is 1. The summed E-state index contributed by atoms with van der Waals surface area (Å²) in [6.07, 6.45) is 2.00. The van der Waals surface area contributed by atoms with Gasteiger partial charge in [0.2, 0.25) is 11.8 Å². The zero-order chi connectivity index (χ0) is 27.3. The molecule has 38 heavy (non-hydrogen) atoms.